The van der Waals surface area contributed by atoms with Crippen LogP contribution in [0.5, 0.6) is 0 Å². The lowest BCUT2D eigenvalue weighted by Crippen LogP contribution is -2.64. The lowest BCUT2D eigenvalue weighted by Gasteiger charge is -2.51. The molecule has 3 heterocycles. The Balaban J connectivity index is 1.52. The molecule has 1 amide bonds. The van der Waals surface area contributed by atoms with Gasteiger partial charge < -0.3 is 19.8 Å². The molecule has 2 aliphatic rings. The highest BCUT2D eigenvalue weighted by molar-refractivity contribution is 6.00. The molecule has 2 saturated heterocycles. The number of benzene rings is 1. The van der Waals surface area contributed by atoms with E-state index in [0.717, 1.165) is 0 Å². The van der Waals surface area contributed by atoms with Crippen molar-refractivity contribution in [3.63, 3.8) is 0 Å². The van der Waals surface area contributed by atoms with E-state index in [-0.39, 0.29) is 5.91 Å². The molecule has 0 aliphatic carbocycles. The predicted molar refractivity (Wildman–Crippen MR) is 94.7 cm³/mol. The van der Waals surface area contributed by atoms with Crippen molar-refractivity contribution < 1.29 is 19.7 Å². The van der Waals surface area contributed by atoms with Crippen LogP contribution in [0.15, 0.2) is 24.3 Å². The molecule has 1 aromatic heterocycles. The summed E-state index contributed by atoms with van der Waals surface area (Å²) in [5.41, 5.74) is -0.846. The first-order chi connectivity index (χ1) is 12.9. The monoisotopic (exact) mass is 373 g/mol. The second kappa shape index (κ2) is 6.66. The van der Waals surface area contributed by atoms with Crippen LogP contribution >= 0.6 is 0 Å². The van der Waals surface area contributed by atoms with E-state index < -0.39 is 17.3 Å². The summed E-state index contributed by atoms with van der Waals surface area (Å²) in [5, 5.41) is 34.9. The lowest BCUT2D eigenvalue weighted by molar-refractivity contribution is -0.244. The Morgan fingerprint density at radius 3 is 2.74 bits per heavy atom. The molecule has 4 rings (SSSR count). The summed E-state index contributed by atoms with van der Waals surface area (Å²) in [7, 11) is 0. The lowest BCUT2D eigenvalue weighted by atomic mass is 9.75. The first-order valence-electron chi connectivity index (χ1n) is 9.09. The van der Waals surface area contributed by atoms with Gasteiger partial charge in [-0.3, -0.25) is 4.79 Å². The van der Waals surface area contributed by atoms with Gasteiger partial charge in [-0.15, -0.1) is 10.2 Å². The van der Waals surface area contributed by atoms with Gasteiger partial charge in [0.25, 0.3) is 5.91 Å². The van der Waals surface area contributed by atoms with Gasteiger partial charge in [-0.1, -0.05) is 18.2 Å². The number of ether oxygens (including phenoxy) is 1. The van der Waals surface area contributed by atoms with E-state index in [1.54, 1.807) is 30.0 Å². The van der Waals surface area contributed by atoms with E-state index in [1.807, 2.05) is 6.07 Å². The minimum Gasteiger partial charge on any atom is -0.387 e. The fourth-order valence-electron chi connectivity index (χ4n) is 4.06. The Hall–Kier alpha value is -2.36. The number of nitrogens with zero attached hydrogens (tertiary/aromatic N) is 4. The molecular weight excluding hydrogens is 350 g/mol. The second-order valence-electron chi connectivity index (χ2n) is 7.50. The summed E-state index contributed by atoms with van der Waals surface area (Å²) in [6, 6.07) is 7.15. The summed E-state index contributed by atoms with van der Waals surface area (Å²) in [5.74, 6) is 0.247. The van der Waals surface area contributed by atoms with Crippen LogP contribution in [0, 0.1) is 0 Å². The van der Waals surface area contributed by atoms with E-state index in [2.05, 4.69) is 20.6 Å². The molecule has 9 heteroatoms. The van der Waals surface area contributed by atoms with E-state index in [4.69, 9.17) is 4.74 Å². The van der Waals surface area contributed by atoms with Gasteiger partial charge in [0.1, 0.15) is 11.7 Å². The number of likely N-dealkylation sites (tertiary alicyclic amines) is 1. The van der Waals surface area contributed by atoms with Crippen LogP contribution in [0.2, 0.25) is 0 Å². The molecule has 1 aromatic carbocycles. The molecule has 2 atom stereocenters. The number of aromatic nitrogens is 4. The third-order valence-corrected chi connectivity index (χ3v) is 5.73. The van der Waals surface area contributed by atoms with Crippen molar-refractivity contribution in [2.45, 2.75) is 43.5 Å². The van der Waals surface area contributed by atoms with Crippen molar-refractivity contribution in [3.05, 3.63) is 29.8 Å². The fourth-order valence-corrected chi connectivity index (χ4v) is 4.06. The van der Waals surface area contributed by atoms with Crippen molar-refractivity contribution in [1.82, 2.24) is 25.5 Å². The Labute approximate surface area is 156 Å². The zero-order chi connectivity index (χ0) is 19.1. The topological polar surface area (TPSA) is 124 Å². The summed E-state index contributed by atoms with van der Waals surface area (Å²) in [6.07, 6.45) is 0.375. The fraction of sp³-hybridized carbons (Fsp3) is 0.556. The third-order valence-electron chi connectivity index (χ3n) is 5.73. The molecule has 0 bridgehead atoms. The molecule has 2 aliphatic heterocycles. The standard InChI is InChI=1S/C18H23N5O4/c1-17(26)8-11-27-18(16(17)25)6-9-23(10-7-18)15(24)13-5-3-2-4-12(13)14-19-21-22-20-14/h2-5,16,25-26H,6-11H2,1H3,(H,19,20,21,22)/t16-,17+/m0/s1. The van der Waals surface area contributed by atoms with E-state index in [0.29, 0.717) is 55.9 Å². The predicted octanol–water partition coefficient (Wildman–Crippen LogP) is 0.374. The van der Waals surface area contributed by atoms with Crippen molar-refractivity contribution in [2.24, 2.45) is 0 Å². The molecule has 9 nitrogen and oxygen atoms in total. The average molecular weight is 373 g/mol. The van der Waals surface area contributed by atoms with Crippen molar-refractivity contribution in [3.8, 4) is 11.4 Å². The number of nitrogens with one attached hydrogen (secondary N) is 1. The number of hydrogen-bond acceptors (Lipinski definition) is 7. The number of carbonyl (C=O) groups is 1. The molecule has 0 unspecified atom stereocenters. The van der Waals surface area contributed by atoms with Crippen molar-refractivity contribution in [1.29, 1.82) is 0 Å². The minimum atomic E-state index is -1.17. The average Bonchev–Trinajstić information content (AvgIpc) is 3.21. The number of amides is 1. The molecule has 0 radical (unpaired) electrons. The number of piperidine rings is 1. The number of aliphatic hydroxyl groups is 2. The van der Waals surface area contributed by atoms with E-state index in [9.17, 15) is 15.0 Å². The van der Waals surface area contributed by atoms with Crippen LogP contribution in [0.4, 0.5) is 0 Å². The highest BCUT2D eigenvalue weighted by Gasteiger charge is 2.53. The maximum Gasteiger partial charge on any atom is 0.254 e. The SMILES string of the molecule is C[C@@]1(O)CCOC2(CCN(C(=O)c3ccccc3-c3nn[nH]n3)CC2)[C@H]1O. The van der Waals surface area contributed by atoms with Crippen LogP contribution in [-0.4, -0.2) is 78.6 Å². The number of carbonyl (C=O) groups excluding carboxylic acids is 1. The smallest absolute Gasteiger partial charge is 0.254 e. The van der Waals surface area contributed by atoms with Crippen LogP contribution < -0.4 is 0 Å². The number of rotatable bonds is 2. The molecule has 0 saturated carbocycles. The highest BCUT2D eigenvalue weighted by atomic mass is 16.5. The quantitative estimate of drug-likeness (QED) is 0.695. The van der Waals surface area contributed by atoms with Crippen molar-refractivity contribution >= 4 is 5.91 Å². The van der Waals surface area contributed by atoms with E-state index >= 15 is 0 Å². The number of aliphatic hydroxyl groups excluding tert-OH is 1. The van der Waals surface area contributed by atoms with Gasteiger partial charge in [0, 0.05) is 25.1 Å². The van der Waals surface area contributed by atoms with Gasteiger partial charge in [0.05, 0.1) is 17.8 Å². The Morgan fingerprint density at radius 1 is 1.30 bits per heavy atom. The number of hydrogen-bond donors (Lipinski definition) is 3. The normalized spacial score (nSPS) is 27.7. The van der Waals surface area contributed by atoms with Gasteiger partial charge >= 0.3 is 0 Å². The first-order valence-corrected chi connectivity index (χ1v) is 9.09. The van der Waals surface area contributed by atoms with Gasteiger partial charge in [0.2, 0.25) is 5.82 Å². The highest BCUT2D eigenvalue weighted by Crippen LogP contribution is 2.40. The van der Waals surface area contributed by atoms with Gasteiger partial charge in [-0.25, -0.2) is 0 Å². The molecule has 1 spiro atoms. The van der Waals surface area contributed by atoms with Crippen LogP contribution in [0.3, 0.4) is 0 Å². The first kappa shape index (κ1) is 18.0. The number of H-pyrrole nitrogens is 1. The minimum absolute atomic E-state index is 0.123. The van der Waals surface area contributed by atoms with Gasteiger partial charge in [-0.2, -0.15) is 5.21 Å². The summed E-state index contributed by atoms with van der Waals surface area (Å²) >= 11 is 0. The summed E-state index contributed by atoms with van der Waals surface area (Å²) in [4.78, 5) is 14.8. The van der Waals surface area contributed by atoms with Crippen molar-refractivity contribution in [2.75, 3.05) is 19.7 Å². The van der Waals surface area contributed by atoms with Crippen LogP contribution in [-0.2, 0) is 4.74 Å². The molecule has 2 aromatic rings. The van der Waals surface area contributed by atoms with Crippen LogP contribution in [0.25, 0.3) is 11.4 Å². The molecular formula is C18H23N5O4. The van der Waals surface area contributed by atoms with E-state index in [1.165, 1.54) is 0 Å². The molecule has 2 fully saturated rings. The Kier molecular flexibility index (Phi) is 4.45. The van der Waals surface area contributed by atoms with Gasteiger partial charge in [-0.05, 0) is 31.0 Å². The zero-order valence-corrected chi connectivity index (χ0v) is 15.1. The molecule has 3 N–H and O–H groups in total. The number of tetrazole rings is 1. The number of aromatic amines is 1. The third kappa shape index (κ3) is 3.11. The Morgan fingerprint density at radius 2 is 2.04 bits per heavy atom. The molecule has 27 heavy (non-hydrogen) atoms. The second-order valence-corrected chi connectivity index (χ2v) is 7.50. The summed E-state index contributed by atoms with van der Waals surface area (Å²) in [6.45, 7) is 2.92. The largest absolute Gasteiger partial charge is 0.387 e. The van der Waals surface area contributed by atoms with Gasteiger partial charge in [0.15, 0.2) is 0 Å². The zero-order valence-electron chi connectivity index (χ0n) is 15.1. The maximum absolute atomic E-state index is 13.1. The van der Waals surface area contributed by atoms with Crippen LogP contribution in [0.1, 0.15) is 36.5 Å². The maximum atomic E-state index is 13.1. The molecule has 144 valence electrons. The Bertz CT molecular complexity index is 815. The summed E-state index contributed by atoms with van der Waals surface area (Å²) < 4.78 is 5.89.